The van der Waals surface area contributed by atoms with Crippen molar-refractivity contribution in [2.75, 3.05) is 6.54 Å². The molecule has 31 heavy (non-hydrogen) atoms. The van der Waals surface area contributed by atoms with Crippen LogP contribution in [0, 0.1) is 0 Å². The standard InChI is InChI=1S/C23H17F6NO/c24-22(25,26)17-12-15(13-18(14-17)23(27,28)29)10-11-30-21(31)20-9-5-4-8-19(20)16-6-2-1-3-7-16/h1-9,12-14H,10-11H2,(H,30,31). The molecule has 3 aromatic carbocycles. The van der Waals surface area contributed by atoms with E-state index in [1.165, 1.54) is 0 Å². The Balaban J connectivity index is 1.76. The second kappa shape index (κ2) is 8.83. The molecule has 0 aliphatic carbocycles. The lowest BCUT2D eigenvalue weighted by Gasteiger charge is -2.15. The van der Waals surface area contributed by atoms with E-state index in [1.54, 1.807) is 24.3 Å². The van der Waals surface area contributed by atoms with Gasteiger partial charge in [-0.25, -0.2) is 0 Å². The van der Waals surface area contributed by atoms with Gasteiger partial charge in [0.1, 0.15) is 0 Å². The average Bonchev–Trinajstić information content (AvgIpc) is 2.73. The van der Waals surface area contributed by atoms with Gasteiger partial charge in [-0.05, 0) is 47.4 Å². The van der Waals surface area contributed by atoms with Crippen LogP contribution in [0.1, 0.15) is 27.0 Å². The topological polar surface area (TPSA) is 29.1 Å². The first-order valence-electron chi connectivity index (χ1n) is 9.27. The van der Waals surface area contributed by atoms with Crippen LogP contribution in [0.15, 0.2) is 72.8 Å². The van der Waals surface area contributed by atoms with E-state index in [0.717, 1.165) is 5.56 Å². The van der Waals surface area contributed by atoms with Gasteiger partial charge in [-0.3, -0.25) is 4.79 Å². The summed E-state index contributed by atoms with van der Waals surface area (Å²) in [6.07, 6.45) is -10.0. The highest BCUT2D eigenvalue weighted by atomic mass is 19.4. The van der Waals surface area contributed by atoms with Gasteiger partial charge in [0, 0.05) is 12.1 Å². The van der Waals surface area contributed by atoms with Crippen LogP contribution >= 0.6 is 0 Å². The molecule has 0 spiro atoms. The third-order valence-corrected chi connectivity index (χ3v) is 4.60. The van der Waals surface area contributed by atoms with Crippen LogP contribution in [-0.2, 0) is 18.8 Å². The first kappa shape index (κ1) is 22.4. The molecule has 8 heteroatoms. The van der Waals surface area contributed by atoms with Gasteiger partial charge in [-0.2, -0.15) is 26.3 Å². The van der Waals surface area contributed by atoms with Crippen LogP contribution in [0.2, 0.25) is 0 Å². The number of alkyl halides is 6. The van der Waals surface area contributed by atoms with Crippen molar-refractivity contribution < 1.29 is 31.1 Å². The quantitative estimate of drug-likeness (QED) is 0.462. The number of nitrogens with one attached hydrogen (secondary N) is 1. The lowest BCUT2D eigenvalue weighted by atomic mass is 9.99. The lowest BCUT2D eigenvalue weighted by molar-refractivity contribution is -0.143. The minimum absolute atomic E-state index is 0.0815. The van der Waals surface area contributed by atoms with Crippen molar-refractivity contribution in [3.63, 3.8) is 0 Å². The smallest absolute Gasteiger partial charge is 0.352 e. The zero-order valence-electron chi connectivity index (χ0n) is 16.0. The van der Waals surface area contributed by atoms with Crippen molar-refractivity contribution in [2.24, 2.45) is 0 Å². The molecule has 0 bridgehead atoms. The van der Waals surface area contributed by atoms with E-state index < -0.39 is 29.4 Å². The van der Waals surface area contributed by atoms with Crippen LogP contribution in [0.4, 0.5) is 26.3 Å². The maximum atomic E-state index is 13.0. The Morgan fingerprint density at radius 3 is 1.87 bits per heavy atom. The molecule has 2 nitrogen and oxygen atoms in total. The molecule has 0 unspecified atom stereocenters. The van der Waals surface area contributed by atoms with Gasteiger partial charge in [0.05, 0.1) is 11.1 Å². The number of carbonyl (C=O) groups excluding carboxylic acids is 1. The molecule has 0 aromatic heterocycles. The summed E-state index contributed by atoms with van der Waals surface area (Å²) in [6, 6.07) is 17.3. The Kier molecular flexibility index (Phi) is 6.38. The summed E-state index contributed by atoms with van der Waals surface area (Å²) in [6.45, 7) is -0.124. The van der Waals surface area contributed by atoms with Crippen LogP contribution in [0.3, 0.4) is 0 Å². The third kappa shape index (κ3) is 5.65. The van der Waals surface area contributed by atoms with Gasteiger partial charge in [-0.15, -0.1) is 0 Å². The van der Waals surface area contributed by atoms with E-state index in [4.69, 9.17) is 0 Å². The summed E-state index contributed by atoms with van der Waals surface area (Å²) < 4.78 is 77.9. The molecule has 0 atom stereocenters. The van der Waals surface area contributed by atoms with Crippen molar-refractivity contribution in [3.8, 4) is 11.1 Å². The van der Waals surface area contributed by atoms with Gasteiger partial charge in [-0.1, -0.05) is 48.5 Å². The zero-order valence-corrected chi connectivity index (χ0v) is 16.0. The lowest BCUT2D eigenvalue weighted by Crippen LogP contribution is -2.26. The fourth-order valence-electron chi connectivity index (χ4n) is 3.13. The van der Waals surface area contributed by atoms with Gasteiger partial charge >= 0.3 is 12.4 Å². The number of amides is 1. The Morgan fingerprint density at radius 1 is 0.742 bits per heavy atom. The highest BCUT2D eigenvalue weighted by Crippen LogP contribution is 2.36. The molecule has 0 aliphatic heterocycles. The average molecular weight is 437 g/mol. The second-order valence-electron chi connectivity index (χ2n) is 6.83. The summed E-state index contributed by atoms with van der Waals surface area (Å²) in [5.74, 6) is -0.470. The second-order valence-corrected chi connectivity index (χ2v) is 6.83. The van der Waals surface area contributed by atoms with Crippen LogP contribution in [0.5, 0.6) is 0 Å². The van der Waals surface area contributed by atoms with Crippen LogP contribution < -0.4 is 5.32 Å². The molecule has 0 fully saturated rings. The summed E-state index contributed by atoms with van der Waals surface area (Å²) in [5, 5.41) is 2.57. The monoisotopic (exact) mass is 437 g/mol. The number of hydrogen-bond donors (Lipinski definition) is 1. The minimum atomic E-state index is -4.91. The van der Waals surface area contributed by atoms with E-state index in [2.05, 4.69) is 5.32 Å². The minimum Gasteiger partial charge on any atom is -0.352 e. The van der Waals surface area contributed by atoms with E-state index in [0.29, 0.717) is 23.3 Å². The van der Waals surface area contributed by atoms with Gasteiger partial charge in [0.15, 0.2) is 0 Å². The maximum absolute atomic E-state index is 13.0. The Bertz CT molecular complexity index is 1030. The maximum Gasteiger partial charge on any atom is 0.416 e. The van der Waals surface area contributed by atoms with Crippen molar-refractivity contribution in [1.29, 1.82) is 0 Å². The van der Waals surface area contributed by atoms with Gasteiger partial charge < -0.3 is 5.32 Å². The molecule has 1 amide bonds. The Hall–Kier alpha value is -3.29. The first-order chi connectivity index (χ1) is 14.6. The predicted octanol–water partition coefficient (Wildman–Crippen LogP) is 6.36. The summed E-state index contributed by atoms with van der Waals surface area (Å²) in [7, 11) is 0. The zero-order chi connectivity index (χ0) is 22.6. The third-order valence-electron chi connectivity index (χ3n) is 4.60. The normalized spacial score (nSPS) is 11.9. The Labute approximate surface area is 174 Å². The van der Waals surface area contributed by atoms with Gasteiger partial charge in [0.2, 0.25) is 0 Å². The Morgan fingerprint density at radius 2 is 1.29 bits per heavy atom. The van der Waals surface area contributed by atoms with Gasteiger partial charge in [0.25, 0.3) is 5.91 Å². The summed E-state index contributed by atoms with van der Waals surface area (Å²) >= 11 is 0. The van der Waals surface area contributed by atoms with Crippen molar-refractivity contribution in [1.82, 2.24) is 5.32 Å². The fourth-order valence-corrected chi connectivity index (χ4v) is 3.13. The van der Waals surface area contributed by atoms with E-state index in [1.807, 2.05) is 30.3 Å². The highest BCUT2D eigenvalue weighted by Gasteiger charge is 2.36. The number of rotatable bonds is 5. The molecule has 162 valence electrons. The molecule has 0 radical (unpaired) electrons. The SMILES string of the molecule is O=C(NCCc1cc(C(F)(F)F)cc(C(F)(F)F)c1)c1ccccc1-c1ccccc1. The van der Waals surface area contributed by atoms with Crippen LogP contribution in [0.25, 0.3) is 11.1 Å². The largest absolute Gasteiger partial charge is 0.416 e. The molecular formula is C23H17F6NO. The van der Waals surface area contributed by atoms with E-state index >= 15 is 0 Å². The van der Waals surface area contributed by atoms with E-state index in [-0.39, 0.29) is 24.6 Å². The molecule has 0 aliphatic rings. The fraction of sp³-hybridized carbons (Fsp3) is 0.174. The molecule has 0 heterocycles. The van der Waals surface area contributed by atoms with Crippen molar-refractivity contribution in [3.05, 3.63) is 95.1 Å². The number of halogens is 6. The predicted molar refractivity (Wildman–Crippen MR) is 104 cm³/mol. The molecule has 3 rings (SSSR count). The number of hydrogen-bond acceptors (Lipinski definition) is 1. The molecule has 0 saturated heterocycles. The molecule has 1 N–H and O–H groups in total. The van der Waals surface area contributed by atoms with Crippen molar-refractivity contribution in [2.45, 2.75) is 18.8 Å². The molecule has 0 saturated carbocycles. The van der Waals surface area contributed by atoms with E-state index in [9.17, 15) is 31.1 Å². The first-order valence-corrected chi connectivity index (χ1v) is 9.27. The number of benzene rings is 3. The summed E-state index contributed by atoms with van der Waals surface area (Å²) in [4.78, 5) is 12.6. The molecular weight excluding hydrogens is 420 g/mol. The summed E-state index contributed by atoms with van der Waals surface area (Å²) in [5.41, 5.74) is -1.09. The van der Waals surface area contributed by atoms with Crippen molar-refractivity contribution >= 4 is 5.91 Å². The van der Waals surface area contributed by atoms with Crippen LogP contribution in [-0.4, -0.2) is 12.5 Å². The molecule has 3 aromatic rings. The highest BCUT2D eigenvalue weighted by molar-refractivity contribution is 6.00. The number of carbonyl (C=O) groups is 1.